The standard InChI is InChI=1S/C17H22N6O/c1-21-10-11-22(16-5-3-2-4-15(16)21)17(24)14-12-23(20-19-14)13-6-8-18-9-7-13/h2-5,12-13,18H,6-11H2,1H3. The van der Waals surface area contributed by atoms with E-state index in [0.29, 0.717) is 18.3 Å². The van der Waals surface area contributed by atoms with Gasteiger partial charge in [-0.1, -0.05) is 17.3 Å². The summed E-state index contributed by atoms with van der Waals surface area (Å²) in [5, 5.41) is 11.7. The first-order valence-corrected chi connectivity index (χ1v) is 8.48. The van der Waals surface area contributed by atoms with Crippen LogP contribution in [0.2, 0.25) is 0 Å². The lowest BCUT2D eigenvalue weighted by atomic mass is 10.1. The first kappa shape index (κ1) is 15.1. The second-order valence-corrected chi connectivity index (χ2v) is 6.43. The van der Waals surface area contributed by atoms with Crippen molar-refractivity contribution in [3.05, 3.63) is 36.2 Å². The fraction of sp³-hybridized carbons (Fsp3) is 0.471. The van der Waals surface area contributed by atoms with E-state index in [9.17, 15) is 4.79 Å². The van der Waals surface area contributed by atoms with E-state index in [0.717, 1.165) is 43.9 Å². The van der Waals surface area contributed by atoms with Crippen LogP contribution in [0.5, 0.6) is 0 Å². The molecule has 7 heteroatoms. The summed E-state index contributed by atoms with van der Waals surface area (Å²) in [6.07, 6.45) is 3.85. The monoisotopic (exact) mass is 326 g/mol. The summed E-state index contributed by atoms with van der Waals surface area (Å²) >= 11 is 0. The van der Waals surface area contributed by atoms with Gasteiger partial charge in [0.2, 0.25) is 0 Å². The highest BCUT2D eigenvalue weighted by molar-refractivity contribution is 6.07. The predicted octanol–water partition coefficient (Wildman–Crippen LogP) is 1.30. The van der Waals surface area contributed by atoms with Crippen LogP contribution in [0.25, 0.3) is 0 Å². The number of likely N-dealkylation sites (N-methyl/N-ethyl adjacent to an activating group) is 1. The lowest BCUT2D eigenvalue weighted by Crippen LogP contribution is -2.42. The number of rotatable bonds is 2. The molecule has 0 spiro atoms. The number of amides is 1. The second kappa shape index (κ2) is 6.24. The van der Waals surface area contributed by atoms with E-state index in [-0.39, 0.29) is 5.91 Å². The third-order valence-electron chi connectivity index (χ3n) is 4.90. The minimum absolute atomic E-state index is 0.0734. The van der Waals surface area contributed by atoms with Crippen LogP contribution in [0.1, 0.15) is 29.4 Å². The minimum Gasteiger partial charge on any atom is -0.371 e. The Bertz CT molecular complexity index is 736. The van der Waals surface area contributed by atoms with Crippen molar-refractivity contribution in [2.45, 2.75) is 18.9 Å². The Morgan fingerprint density at radius 3 is 2.71 bits per heavy atom. The predicted molar refractivity (Wildman–Crippen MR) is 92.6 cm³/mol. The van der Waals surface area contributed by atoms with Crippen LogP contribution in [0.4, 0.5) is 11.4 Å². The molecule has 126 valence electrons. The van der Waals surface area contributed by atoms with Gasteiger partial charge in [-0.15, -0.1) is 5.10 Å². The van der Waals surface area contributed by atoms with Crippen molar-refractivity contribution >= 4 is 17.3 Å². The number of para-hydroxylation sites is 2. The van der Waals surface area contributed by atoms with Crippen molar-refractivity contribution in [2.75, 3.05) is 43.0 Å². The molecule has 1 amide bonds. The number of aromatic nitrogens is 3. The third kappa shape index (κ3) is 2.65. The second-order valence-electron chi connectivity index (χ2n) is 6.43. The number of carbonyl (C=O) groups is 1. The van der Waals surface area contributed by atoms with Crippen molar-refractivity contribution < 1.29 is 4.79 Å². The van der Waals surface area contributed by atoms with E-state index >= 15 is 0 Å². The Balaban J connectivity index is 1.58. The molecule has 1 saturated heterocycles. The number of benzene rings is 1. The van der Waals surface area contributed by atoms with Crippen molar-refractivity contribution in [1.82, 2.24) is 20.3 Å². The first-order chi connectivity index (χ1) is 11.7. The summed E-state index contributed by atoms with van der Waals surface area (Å²) in [6, 6.07) is 8.32. The zero-order valence-electron chi connectivity index (χ0n) is 13.9. The maximum Gasteiger partial charge on any atom is 0.280 e. The molecular weight excluding hydrogens is 304 g/mol. The maximum atomic E-state index is 12.9. The molecule has 3 heterocycles. The number of nitrogens with zero attached hydrogens (tertiary/aromatic N) is 5. The lowest BCUT2D eigenvalue weighted by molar-refractivity contribution is 0.0982. The van der Waals surface area contributed by atoms with E-state index in [4.69, 9.17) is 0 Å². The summed E-state index contributed by atoms with van der Waals surface area (Å²) < 4.78 is 1.86. The average Bonchev–Trinajstić information content (AvgIpc) is 3.13. The van der Waals surface area contributed by atoms with E-state index < -0.39 is 0 Å². The van der Waals surface area contributed by atoms with Crippen LogP contribution in [0.3, 0.4) is 0 Å². The molecule has 0 radical (unpaired) electrons. The van der Waals surface area contributed by atoms with Crippen LogP contribution < -0.4 is 15.1 Å². The normalized spacial score (nSPS) is 18.5. The van der Waals surface area contributed by atoms with E-state index in [1.165, 1.54) is 0 Å². The highest BCUT2D eigenvalue weighted by atomic mass is 16.2. The summed E-state index contributed by atoms with van der Waals surface area (Å²) in [5.41, 5.74) is 2.43. The number of carbonyl (C=O) groups excluding carboxylic acids is 1. The van der Waals surface area contributed by atoms with Crippen molar-refractivity contribution in [3.8, 4) is 0 Å². The summed E-state index contributed by atoms with van der Waals surface area (Å²) in [7, 11) is 2.05. The van der Waals surface area contributed by atoms with E-state index in [1.807, 2.05) is 40.9 Å². The molecule has 1 aromatic carbocycles. The molecular formula is C17H22N6O. The van der Waals surface area contributed by atoms with Gasteiger partial charge >= 0.3 is 0 Å². The fourth-order valence-corrected chi connectivity index (χ4v) is 3.48. The van der Waals surface area contributed by atoms with Gasteiger partial charge in [-0.2, -0.15) is 0 Å². The largest absolute Gasteiger partial charge is 0.371 e. The summed E-state index contributed by atoms with van der Waals surface area (Å²) in [5.74, 6) is -0.0734. The number of piperidine rings is 1. The molecule has 0 aliphatic carbocycles. The average molecular weight is 326 g/mol. The Kier molecular flexibility index (Phi) is 3.93. The molecule has 1 fully saturated rings. The highest BCUT2D eigenvalue weighted by Crippen LogP contribution is 2.32. The van der Waals surface area contributed by atoms with Crippen LogP contribution in [-0.4, -0.2) is 54.1 Å². The summed E-state index contributed by atoms with van der Waals surface area (Å²) in [6.45, 7) is 3.44. The number of hydrogen-bond acceptors (Lipinski definition) is 5. The molecule has 0 unspecified atom stereocenters. The number of hydrogen-bond donors (Lipinski definition) is 1. The molecule has 0 atom stereocenters. The smallest absolute Gasteiger partial charge is 0.280 e. The molecule has 2 aliphatic rings. The molecule has 7 nitrogen and oxygen atoms in total. The molecule has 2 aliphatic heterocycles. The van der Waals surface area contributed by atoms with Crippen molar-refractivity contribution in [1.29, 1.82) is 0 Å². The van der Waals surface area contributed by atoms with Gasteiger partial charge in [-0.25, -0.2) is 4.68 Å². The van der Waals surface area contributed by atoms with Gasteiger partial charge in [-0.05, 0) is 38.1 Å². The quantitative estimate of drug-likeness (QED) is 0.901. The number of nitrogens with one attached hydrogen (secondary N) is 1. The number of fused-ring (bicyclic) bond motifs is 1. The van der Waals surface area contributed by atoms with Crippen LogP contribution in [0, 0.1) is 0 Å². The van der Waals surface area contributed by atoms with Crippen molar-refractivity contribution in [2.24, 2.45) is 0 Å². The third-order valence-corrected chi connectivity index (χ3v) is 4.90. The van der Waals surface area contributed by atoms with Gasteiger partial charge in [0.25, 0.3) is 5.91 Å². The van der Waals surface area contributed by atoms with Gasteiger partial charge in [-0.3, -0.25) is 4.79 Å². The molecule has 0 bridgehead atoms. The fourth-order valence-electron chi connectivity index (χ4n) is 3.48. The molecule has 0 saturated carbocycles. The lowest BCUT2D eigenvalue weighted by Gasteiger charge is -2.35. The Morgan fingerprint density at radius 2 is 1.92 bits per heavy atom. The van der Waals surface area contributed by atoms with Crippen LogP contribution in [-0.2, 0) is 0 Å². The van der Waals surface area contributed by atoms with E-state index in [1.54, 1.807) is 6.20 Å². The zero-order valence-corrected chi connectivity index (χ0v) is 13.9. The van der Waals surface area contributed by atoms with Crippen LogP contribution >= 0.6 is 0 Å². The molecule has 1 aromatic heterocycles. The maximum absolute atomic E-state index is 12.9. The number of anilines is 2. The molecule has 4 rings (SSSR count). The minimum atomic E-state index is -0.0734. The molecule has 2 aromatic rings. The van der Waals surface area contributed by atoms with Crippen LogP contribution in [0.15, 0.2) is 30.5 Å². The molecule has 1 N–H and O–H groups in total. The Labute approximate surface area is 141 Å². The Morgan fingerprint density at radius 1 is 1.17 bits per heavy atom. The Hall–Kier alpha value is -2.41. The van der Waals surface area contributed by atoms with Crippen molar-refractivity contribution in [3.63, 3.8) is 0 Å². The van der Waals surface area contributed by atoms with Gasteiger partial charge in [0.1, 0.15) is 0 Å². The van der Waals surface area contributed by atoms with Gasteiger partial charge in [0, 0.05) is 20.1 Å². The SMILES string of the molecule is CN1CCN(C(=O)c2cn(C3CCNCC3)nn2)c2ccccc21. The first-order valence-electron chi connectivity index (χ1n) is 8.48. The molecule has 24 heavy (non-hydrogen) atoms. The van der Waals surface area contributed by atoms with Gasteiger partial charge in [0.15, 0.2) is 5.69 Å². The van der Waals surface area contributed by atoms with E-state index in [2.05, 4.69) is 20.5 Å². The summed E-state index contributed by atoms with van der Waals surface area (Å²) in [4.78, 5) is 16.9. The topological polar surface area (TPSA) is 66.3 Å². The van der Waals surface area contributed by atoms with Gasteiger partial charge in [0.05, 0.1) is 23.6 Å². The highest BCUT2D eigenvalue weighted by Gasteiger charge is 2.28. The zero-order chi connectivity index (χ0) is 16.5. The van der Waals surface area contributed by atoms with Gasteiger partial charge < -0.3 is 15.1 Å².